The quantitative estimate of drug-likeness (QED) is 0.906. The van der Waals surface area contributed by atoms with Gasteiger partial charge in [-0.25, -0.2) is 0 Å². The van der Waals surface area contributed by atoms with Crippen LogP contribution in [0.4, 0.5) is 0 Å². The molecule has 0 radical (unpaired) electrons. The van der Waals surface area contributed by atoms with Crippen LogP contribution in [-0.2, 0) is 11.2 Å². The monoisotopic (exact) mass is 284 g/mol. The Kier molecular flexibility index (Phi) is 4.06. The lowest BCUT2D eigenvalue weighted by Crippen LogP contribution is -2.24. The Morgan fingerprint density at radius 3 is 2.50 bits per heavy atom. The van der Waals surface area contributed by atoms with Gasteiger partial charge in [0.05, 0.1) is 6.42 Å². The molecule has 0 fully saturated rings. The molecule has 0 saturated carbocycles. The van der Waals surface area contributed by atoms with Crippen molar-refractivity contribution in [2.75, 3.05) is 14.1 Å². The minimum atomic E-state index is -0.453. The summed E-state index contributed by atoms with van der Waals surface area (Å²) in [6, 6.07) is 5.19. The number of rotatable bonds is 3. The summed E-state index contributed by atoms with van der Waals surface area (Å²) in [4.78, 5) is 24.2. The molecule has 0 aliphatic heterocycles. The van der Waals surface area contributed by atoms with Gasteiger partial charge in [-0.05, 0) is 23.8 Å². The highest BCUT2D eigenvalue weighted by molar-refractivity contribution is 9.10. The van der Waals surface area contributed by atoms with E-state index in [4.69, 9.17) is 5.73 Å². The van der Waals surface area contributed by atoms with Gasteiger partial charge in [0.25, 0.3) is 5.91 Å². The largest absolute Gasteiger partial charge is 0.369 e. The number of hydrogen-bond donors (Lipinski definition) is 1. The highest BCUT2D eigenvalue weighted by Gasteiger charge is 2.14. The molecule has 0 bridgehead atoms. The van der Waals surface area contributed by atoms with Crippen molar-refractivity contribution < 1.29 is 9.59 Å². The average Bonchev–Trinajstić information content (AvgIpc) is 2.15. The molecule has 1 aromatic rings. The van der Waals surface area contributed by atoms with Gasteiger partial charge in [0.2, 0.25) is 5.91 Å². The van der Waals surface area contributed by atoms with Gasteiger partial charge in [-0.3, -0.25) is 9.59 Å². The maximum Gasteiger partial charge on any atom is 0.253 e. The molecule has 0 heterocycles. The first kappa shape index (κ1) is 12.7. The van der Waals surface area contributed by atoms with E-state index < -0.39 is 5.91 Å². The Bertz CT molecular complexity index is 430. The first-order chi connectivity index (χ1) is 7.41. The van der Waals surface area contributed by atoms with Crippen LogP contribution >= 0.6 is 15.9 Å². The fraction of sp³-hybridized carbons (Fsp3) is 0.273. The lowest BCUT2D eigenvalue weighted by atomic mass is 10.0. The molecule has 2 N–H and O–H groups in total. The molecule has 0 spiro atoms. The Morgan fingerprint density at radius 2 is 2.00 bits per heavy atom. The van der Waals surface area contributed by atoms with E-state index in [9.17, 15) is 9.59 Å². The lowest BCUT2D eigenvalue weighted by Gasteiger charge is -2.13. The van der Waals surface area contributed by atoms with E-state index in [1.165, 1.54) is 4.90 Å². The molecule has 2 amide bonds. The van der Waals surface area contributed by atoms with E-state index in [0.29, 0.717) is 11.1 Å². The maximum atomic E-state index is 11.8. The summed E-state index contributed by atoms with van der Waals surface area (Å²) in [5, 5.41) is 0. The molecule has 0 aliphatic carbocycles. The predicted octanol–water partition coefficient (Wildman–Crippen LogP) is 1.18. The molecule has 0 atom stereocenters. The number of carbonyl (C=O) groups excluding carboxylic acids is 2. The molecule has 0 unspecified atom stereocenters. The average molecular weight is 285 g/mol. The number of primary amides is 1. The van der Waals surface area contributed by atoms with E-state index in [1.54, 1.807) is 32.3 Å². The fourth-order valence-electron chi connectivity index (χ4n) is 1.35. The molecule has 5 heteroatoms. The van der Waals surface area contributed by atoms with Gasteiger partial charge in [0, 0.05) is 24.1 Å². The third-order valence-corrected chi connectivity index (χ3v) is 2.56. The van der Waals surface area contributed by atoms with Crippen LogP contribution < -0.4 is 5.73 Å². The topological polar surface area (TPSA) is 63.4 Å². The number of benzene rings is 1. The van der Waals surface area contributed by atoms with Crippen molar-refractivity contribution in [1.82, 2.24) is 4.90 Å². The van der Waals surface area contributed by atoms with Crippen molar-refractivity contribution in [3.05, 3.63) is 33.8 Å². The number of halogens is 1. The summed E-state index contributed by atoms with van der Waals surface area (Å²) in [5.74, 6) is -0.588. The van der Waals surface area contributed by atoms with Crippen LogP contribution in [0.3, 0.4) is 0 Å². The fourth-order valence-corrected chi connectivity index (χ4v) is 1.75. The number of nitrogens with two attached hydrogens (primary N) is 1. The third-order valence-electron chi connectivity index (χ3n) is 2.07. The first-order valence-corrected chi connectivity index (χ1v) is 5.49. The van der Waals surface area contributed by atoms with Gasteiger partial charge < -0.3 is 10.6 Å². The Hall–Kier alpha value is -1.36. The number of carbonyl (C=O) groups is 2. The summed E-state index contributed by atoms with van der Waals surface area (Å²) in [5.41, 5.74) is 6.29. The van der Waals surface area contributed by atoms with Crippen LogP contribution in [0, 0.1) is 0 Å². The van der Waals surface area contributed by atoms with Crippen LogP contribution in [-0.4, -0.2) is 30.8 Å². The second-order valence-corrected chi connectivity index (χ2v) is 4.56. The van der Waals surface area contributed by atoms with Gasteiger partial charge in [-0.1, -0.05) is 15.9 Å². The van der Waals surface area contributed by atoms with Crippen LogP contribution in [0.15, 0.2) is 22.7 Å². The normalized spacial score (nSPS) is 9.94. The Labute approximate surface area is 103 Å². The molecule has 86 valence electrons. The summed E-state index contributed by atoms with van der Waals surface area (Å²) in [6.07, 6.45) is 0.0638. The standard InChI is InChI=1S/C11H13BrN2O2/c1-14(2)11(16)9-4-3-8(12)5-7(9)6-10(13)15/h3-5H,6H2,1-2H3,(H2,13,15). The second-order valence-electron chi connectivity index (χ2n) is 3.64. The van der Waals surface area contributed by atoms with Crippen molar-refractivity contribution in [3.63, 3.8) is 0 Å². The highest BCUT2D eigenvalue weighted by atomic mass is 79.9. The van der Waals surface area contributed by atoms with Gasteiger partial charge in [0.1, 0.15) is 0 Å². The molecule has 4 nitrogen and oxygen atoms in total. The van der Waals surface area contributed by atoms with Crippen molar-refractivity contribution >= 4 is 27.7 Å². The zero-order valence-electron chi connectivity index (χ0n) is 9.16. The number of amides is 2. The molecule has 0 aromatic heterocycles. The zero-order valence-corrected chi connectivity index (χ0v) is 10.7. The minimum absolute atomic E-state index is 0.0638. The third kappa shape index (κ3) is 3.06. The van der Waals surface area contributed by atoms with Gasteiger partial charge >= 0.3 is 0 Å². The van der Waals surface area contributed by atoms with Crippen LogP contribution in [0.5, 0.6) is 0 Å². The van der Waals surface area contributed by atoms with Gasteiger partial charge in [-0.2, -0.15) is 0 Å². The maximum absolute atomic E-state index is 11.8. The lowest BCUT2D eigenvalue weighted by molar-refractivity contribution is -0.117. The van der Waals surface area contributed by atoms with E-state index in [-0.39, 0.29) is 12.3 Å². The smallest absolute Gasteiger partial charge is 0.253 e. The van der Waals surface area contributed by atoms with Crippen molar-refractivity contribution in [2.45, 2.75) is 6.42 Å². The van der Waals surface area contributed by atoms with Crippen molar-refractivity contribution in [1.29, 1.82) is 0 Å². The molecule has 1 rings (SSSR count). The number of hydrogen-bond acceptors (Lipinski definition) is 2. The molecule has 0 aliphatic rings. The van der Waals surface area contributed by atoms with E-state index in [0.717, 1.165) is 4.47 Å². The molecular weight excluding hydrogens is 272 g/mol. The molecule has 1 aromatic carbocycles. The summed E-state index contributed by atoms with van der Waals surface area (Å²) < 4.78 is 0.819. The molecular formula is C11H13BrN2O2. The summed E-state index contributed by atoms with van der Waals surface area (Å²) >= 11 is 3.30. The summed E-state index contributed by atoms with van der Waals surface area (Å²) in [7, 11) is 3.33. The van der Waals surface area contributed by atoms with Crippen LogP contribution in [0.25, 0.3) is 0 Å². The highest BCUT2D eigenvalue weighted by Crippen LogP contribution is 2.18. The number of nitrogens with zero attached hydrogens (tertiary/aromatic N) is 1. The SMILES string of the molecule is CN(C)C(=O)c1ccc(Br)cc1CC(N)=O. The van der Waals surface area contributed by atoms with E-state index in [1.807, 2.05) is 0 Å². The van der Waals surface area contributed by atoms with Crippen molar-refractivity contribution in [3.8, 4) is 0 Å². The Morgan fingerprint density at radius 1 is 1.38 bits per heavy atom. The molecule has 0 saturated heterocycles. The minimum Gasteiger partial charge on any atom is -0.369 e. The predicted molar refractivity (Wildman–Crippen MR) is 65.1 cm³/mol. The second kappa shape index (κ2) is 5.12. The van der Waals surface area contributed by atoms with Gasteiger partial charge in [0.15, 0.2) is 0 Å². The van der Waals surface area contributed by atoms with Crippen LogP contribution in [0.2, 0.25) is 0 Å². The van der Waals surface area contributed by atoms with Gasteiger partial charge in [-0.15, -0.1) is 0 Å². The van der Waals surface area contributed by atoms with E-state index in [2.05, 4.69) is 15.9 Å². The van der Waals surface area contributed by atoms with Crippen molar-refractivity contribution in [2.24, 2.45) is 5.73 Å². The Balaban J connectivity index is 3.17. The van der Waals surface area contributed by atoms with E-state index >= 15 is 0 Å². The van der Waals surface area contributed by atoms with Crippen LogP contribution in [0.1, 0.15) is 15.9 Å². The molecule has 16 heavy (non-hydrogen) atoms. The summed E-state index contributed by atoms with van der Waals surface area (Å²) in [6.45, 7) is 0. The first-order valence-electron chi connectivity index (χ1n) is 4.70. The zero-order chi connectivity index (χ0) is 12.3.